The summed E-state index contributed by atoms with van der Waals surface area (Å²) in [7, 11) is 0. The lowest BCUT2D eigenvalue weighted by molar-refractivity contribution is -0.165. The minimum atomic E-state index is -0.587. The Morgan fingerprint density at radius 2 is 1.65 bits per heavy atom. The van der Waals surface area contributed by atoms with Crippen LogP contribution in [-0.2, 0) is 23.9 Å². The number of esters is 2. The van der Waals surface area contributed by atoms with Crippen LogP contribution in [0.4, 0.5) is 0 Å². The summed E-state index contributed by atoms with van der Waals surface area (Å²) in [4.78, 5) is 35.2. The van der Waals surface area contributed by atoms with Gasteiger partial charge in [-0.25, -0.2) is 0 Å². The zero-order valence-electron chi connectivity index (χ0n) is 13.1. The van der Waals surface area contributed by atoms with Crippen LogP contribution in [0.2, 0.25) is 0 Å². The predicted molar refractivity (Wildman–Crippen MR) is 82.2 cm³/mol. The van der Waals surface area contributed by atoms with E-state index >= 15 is 0 Å². The van der Waals surface area contributed by atoms with Gasteiger partial charge in [-0.15, -0.1) is 0 Å². The SMILES string of the molecule is CC(=O)O[C@@H]1[C@@H](OC(C)=O)CC2=C(c3ccccc3)C(=O)C[C@H]21. The Bertz CT molecular complexity index is 689. The van der Waals surface area contributed by atoms with Crippen molar-refractivity contribution in [1.82, 2.24) is 0 Å². The minimum Gasteiger partial charge on any atom is -0.458 e. The molecule has 0 aromatic heterocycles. The number of benzene rings is 1. The Balaban J connectivity index is 1.99. The molecule has 0 amide bonds. The van der Waals surface area contributed by atoms with E-state index in [0.29, 0.717) is 12.0 Å². The van der Waals surface area contributed by atoms with Gasteiger partial charge in [0.2, 0.25) is 0 Å². The van der Waals surface area contributed by atoms with Gasteiger partial charge in [0.15, 0.2) is 5.78 Å². The molecule has 23 heavy (non-hydrogen) atoms. The quantitative estimate of drug-likeness (QED) is 0.801. The number of hydrogen-bond donors (Lipinski definition) is 0. The van der Waals surface area contributed by atoms with Gasteiger partial charge in [0.1, 0.15) is 12.2 Å². The summed E-state index contributed by atoms with van der Waals surface area (Å²) < 4.78 is 10.7. The Morgan fingerprint density at radius 3 is 2.26 bits per heavy atom. The van der Waals surface area contributed by atoms with Crippen molar-refractivity contribution in [3.63, 3.8) is 0 Å². The minimum absolute atomic E-state index is 0.0506. The number of Topliss-reactive ketones (excluding diaryl/α,β-unsaturated/α-hetero) is 1. The first-order valence-corrected chi connectivity index (χ1v) is 7.63. The van der Waals surface area contributed by atoms with Crippen molar-refractivity contribution in [2.45, 2.75) is 38.9 Å². The van der Waals surface area contributed by atoms with E-state index in [9.17, 15) is 14.4 Å². The van der Waals surface area contributed by atoms with Crippen LogP contribution in [-0.4, -0.2) is 29.9 Å². The number of allylic oxidation sites excluding steroid dienone is 1. The van der Waals surface area contributed by atoms with Gasteiger partial charge in [-0.3, -0.25) is 14.4 Å². The summed E-state index contributed by atoms with van der Waals surface area (Å²) in [5, 5.41) is 0. The van der Waals surface area contributed by atoms with E-state index in [4.69, 9.17) is 9.47 Å². The molecule has 1 aromatic rings. The number of ether oxygens (including phenoxy) is 2. The standard InChI is InChI=1S/C18H18O5/c1-10(19)22-16-9-13-14(18(16)23-11(2)20)8-15(21)17(13)12-6-4-3-5-7-12/h3-7,14,16,18H,8-9H2,1-2H3/t14-,16+,18+/m1/s1. The molecular weight excluding hydrogens is 296 g/mol. The van der Waals surface area contributed by atoms with Crippen LogP contribution >= 0.6 is 0 Å². The van der Waals surface area contributed by atoms with E-state index in [1.54, 1.807) is 0 Å². The third-order valence-corrected chi connectivity index (χ3v) is 4.32. The largest absolute Gasteiger partial charge is 0.458 e. The van der Waals surface area contributed by atoms with E-state index in [0.717, 1.165) is 11.1 Å². The molecule has 0 radical (unpaired) electrons. The molecule has 1 fully saturated rings. The first-order chi connectivity index (χ1) is 11.0. The summed E-state index contributed by atoms with van der Waals surface area (Å²) in [6.45, 7) is 2.65. The number of carbonyl (C=O) groups is 3. The van der Waals surface area contributed by atoms with E-state index in [1.165, 1.54) is 13.8 Å². The third kappa shape index (κ3) is 2.91. The maximum atomic E-state index is 12.4. The highest BCUT2D eigenvalue weighted by Gasteiger charge is 2.50. The predicted octanol–water partition coefficient (Wildman–Crippen LogP) is 2.30. The van der Waals surface area contributed by atoms with Crippen LogP contribution < -0.4 is 0 Å². The molecule has 0 spiro atoms. The van der Waals surface area contributed by atoms with Crippen molar-refractivity contribution in [2.75, 3.05) is 0 Å². The molecule has 120 valence electrons. The molecule has 0 bridgehead atoms. The second kappa shape index (κ2) is 5.99. The number of hydrogen-bond acceptors (Lipinski definition) is 5. The summed E-state index contributed by atoms with van der Waals surface area (Å²) in [5.41, 5.74) is 2.47. The molecule has 5 heteroatoms. The van der Waals surface area contributed by atoms with Crippen molar-refractivity contribution in [1.29, 1.82) is 0 Å². The molecule has 0 heterocycles. The highest BCUT2D eigenvalue weighted by molar-refractivity contribution is 6.24. The van der Waals surface area contributed by atoms with Crippen molar-refractivity contribution < 1.29 is 23.9 Å². The van der Waals surface area contributed by atoms with Crippen molar-refractivity contribution >= 4 is 23.3 Å². The van der Waals surface area contributed by atoms with Gasteiger partial charge in [-0.05, 0) is 11.1 Å². The second-order valence-electron chi connectivity index (χ2n) is 5.93. The zero-order chi connectivity index (χ0) is 16.6. The molecule has 2 aliphatic rings. The maximum Gasteiger partial charge on any atom is 0.303 e. The number of ketones is 1. The molecular formula is C18H18O5. The van der Waals surface area contributed by atoms with Gasteiger partial charge in [-0.2, -0.15) is 0 Å². The monoisotopic (exact) mass is 314 g/mol. The molecule has 3 rings (SSSR count). The van der Waals surface area contributed by atoms with Gasteiger partial charge < -0.3 is 9.47 Å². The molecule has 1 saturated carbocycles. The lowest BCUT2D eigenvalue weighted by Crippen LogP contribution is -2.34. The van der Waals surface area contributed by atoms with Crippen LogP contribution in [0.5, 0.6) is 0 Å². The molecule has 1 aromatic carbocycles. The Hall–Kier alpha value is -2.43. The Morgan fingerprint density at radius 1 is 1.00 bits per heavy atom. The van der Waals surface area contributed by atoms with E-state index in [1.807, 2.05) is 30.3 Å². The molecule has 0 aliphatic heterocycles. The van der Waals surface area contributed by atoms with Crippen LogP contribution in [0.15, 0.2) is 35.9 Å². The van der Waals surface area contributed by atoms with Crippen molar-refractivity contribution in [2.24, 2.45) is 5.92 Å². The maximum absolute atomic E-state index is 12.4. The van der Waals surface area contributed by atoms with Crippen molar-refractivity contribution in [3.8, 4) is 0 Å². The first kappa shape index (κ1) is 15.5. The Labute approximate surface area is 134 Å². The summed E-state index contributed by atoms with van der Waals surface area (Å²) in [6, 6.07) is 9.44. The zero-order valence-corrected chi connectivity index (χ0v) is 13.1. The Kier molecular flexibility index (Phi) is 4.03. The first-order valence-electron chi connectivity index (χ1n) is 7.63. The molecule has 0 saturated heterocycles. The van der Waals surface area contributed by atoms with Gasteiger partial charge in [0, 0.05) is 38.2 Å². The summed E-state index contributed by atoms with van der Waals surface area (Å²) >= 11 is 0. The third-order valence-electron chi connectivity index (χ3n) is 4.32. The van der Waals surface area contributed by atoms with E-state index in [2.05, 4.69) is 0 Å². The molecule has 2 aliphatic carbocycles. The average Bonchev–Trinajstić information content (AvgIpc) is 2.95. The smallest absolute Gasteiger partial charge is 0.303 e. The second-order valence-corrected chi connectivity index (χ2v) is 5.93. The molecule has 0 unspecified atom stereocenters. The fourth-order valence-electron chi connectivity index (χ4n) is 3.57. The van der Waals surface area contributed by atoms with Gasteiger partial charge in [0.25, 0.3) is 0 Å². The highest BCUT2D eigenvalue weighted by atomic mass is 16.6. The van der Waals surface area contributed by atoms with Crippen LogP contribution in [0.3, 0.4) is 0 Å². The molecule has 3 atom stereocenters. The fourth-order valence-corrected chi connectivity index (χ4v) is 3.57. The highest BCUT2D eigenvalue weighted by Crippen LogP contribution is 2.47. The van der Waals surface area contributed by atoms with E-state index in [-0.39, 0.29) is 18.1 Å². The average molecular weight is 314 g/mol. The van der Waals surface area contributed by atoms with Gasteiger partial charge >= 0.3 is 11.9 Å². The van der Waals surface area contributed by atoms with Crippen molar-refractivity contribution in [3.05, 3.63) is 41.5 Å². The van der Waals surface area contributed by atoms with Crippen LogP contribution in [0.25, 0.3) is 5.57 Å². The number of rotatable bonds is 3. The molecule has 5 nitrogen and oxygen atoms in total. The normalized spacial score (nSPS) is 26.2. The van der Waals surface area contributed by atoms with Crippen LogP contribution in [0.1, 0.15) is 32.3 Å². The molecule has 0 N–H and O–H groups in total. The van der Waals surface area contributed by atoms with Gasteiger partial charge in [0.05, 0.1) is 0 Å². The van der Waals surface area contributed by atoms with Crippen LogP contribution in [0, 0.1) is 5.92 Å². The van der Waals surface area contributed by atoms with E-state index < -0.39 is 24.1 Å². The number of carbonyl (C=O) groups excluding carboxylic acids is 3. The topological polar surface area (TPSA) is 69.7 Å². The number of fused-ring (bicyclic) bond motifs is 1. The van der Waals surface area contributed by atoms with Gasteiger partial charge in [-0.1, -0.05) is 30.3 Å². The summed E-state index contributed by atoms with van der Waals surface area (Å²) in [6.07, 6.45) is -0.396. The lowest BCUT2D eigenvalue weighted by Gasteiger charge is -2.22. The summed E-state index contributed by atoms with van der Waals surface area (Å²) in [5.74, 6) is -1.00. The lowest BCUT2D eigenvalue weighted by atomic mass is 10.00. The fraction of sp³-hybridized carbons (Fsp3) is 0.389.